The van der Waals surface area contributed by atoms with E-state index in [2.05, 4.69) is 62.4 Å². The van der Waals surface area contributed by atoms with Crippen LogP contribution in [0, 0.1) is 19.3 Å². The first-order chi connectivity index (χ1) is 9.54. The molecule has 3 nitrogen and oxygen atoms in total. The molecule has 0 unspecified atom stereocenters. The second kappa shape index (κ2) is 6.24. The van der Waals surface area contributed by atoms with E-state index >= 15 is 0 Å². The van der Waals surface area contributed by atoms with Crippen LogP contribution in [0.5, 0.6) is 0 Å². The highest BCUT2D eigenvalue weighted by molar-refractivity contribution is 5.74. The number of hydrogen-bond acceptors (Lipinski definition) is 1. The Morgan fingerprint density at radius 3 is 1.50 bits per heavy atom. The molecular formula is C17H21N3. The fraction of sp³-hybridized carbons (Fsp3) is 0.235. The molecule has 3 heteroatoms. The van der Waals surface area contributed by atoms with Gasteiger partial charge in [-0.05, 0) is 25.0 Å². The quantitative estimate of drug-likeness (QED) is 0.660. The number of nitrogens with zero attached hydrogens (tertiary/aromatic N) is 1. The van der Waals surface area contributed by atoms with Gasteiger partial charge in [0.05, 0.1) is 0 Å². The van der Waals surface area contributed by atoms with Gasteiger partial charge in [0.25, 0.3) is 0 Å². The normalized spacial score (nSPS) is 10.3. The van der Waals surface area contributed by atoms with Crippen molar-refractivity contribution in [2.24, 2.45) is 5.73 Å². The molecule has 0 amide bonds. The van der Waals surface area contributed by atoms with Gasteiger partial charge in [0.15, 0.2) is 5.96 Å². The van der Waals surface area contributed by atoms with E-state index in [0.717, 1.165) is 11.1 Å². The Labute approximate surface area is 120 Å². The Kier molecular flexibility index (Phi) is 4.41. The van der Waals surface area contributed by atoms with E-state index in [1.807, 2.05) is 4.90 Å². The molecule has 2 rings (SSSR count). The van der Waals surface area contributed by atoms with Gasteiger partial charge in [-0.2, -0.15) is 0 Å². The van der Waals surface area contributed by atoms with Crippen molar-refractivity contribution in [3.8, 4) is 0 Å². The Morgan fingerprint density at radius 2 is 1.20 bits per heavy atom. The Morgan fingerprint density at radius 1 is 0.850 bits per heavy atom. The van der Waals surface area contributed by atoms with Gasteiger partial charge in [0.2, 0.25) is 0 Å². The predicted molar refractivity (Wildman–Crippen MR) is 83.5 cm³/mol. The second-order valence-corrected chi connectivity index (χ2v) is 5.21. The molecule has 0 radical (unpaired) electrons. The highest BCUT2D eigenvalue weighted by atomic mass is 15.2. The minimum Gasteiger partial charge on any atom is -0.370 e. The van der Waals surface area contributed by atoms with Gasteiger partial charge in [-0.15, -0.1) is 0 Å². The van der Waals surface area contributed by atoms with E-state index in [1.165, 1.54) is 11.1 Å². The summed E-state index contributed by atoms with van der Waals surface area (Å²) >= 11 is 0. The third kappa shape index (κ3) is 3.85. The number of nitrogens with two attached hydrogens (primary N) is 1. The average molecular weight is 267 g/mol. The standard InChI is InChI=1S/C17H21N3/c1-13-3-7-15(8-4-13)11-20(17(18)19)12-16-9-5-14(2)6-10-16/h3-10H,11-12H2,1-2H3,(H3,18,19). The zero-order chi connectivity index (χ0) is 14.5. The van der Waals surface area contributed by atoms with Crippen molar-refractivity contribution in [1.82, 2.24) is 4.90 Å². The van der Waals surface area contributed by atoms with Crippen molar-refractivity contribution >= 4 is 5.96 Å². The highest BCUT2D eigenvalue weighted by Crippen LogP contribution is 2.11. The summed E-state index contributed by atoms with van der Waals surface area (Å²) in [6.07, 6.45) is 0. The lowest BCUT2D eigenvalue weighted by Crippen LogP contribution is -2.35. The van der Waals surface area contributed by atoms with Crippen molar-refractivity contribution in [3.05, 3.63) is 70.8 Å². The molecule has 0 bridgehead atoms. The van der Waals surface area contributed by atoms with Crippen molar-refractivity contribution < 1.29 is 0 Å². The molecule has 3 N–H and O–H groups in total. The van der Waals surface area contributed by atoms with Crippen LogP contribution in [0.2, 0.25) is 0 Å². The molecule has 2 aromatic rings. The van der Waals surface area contributed by atoms with Crippen molar-refractivity contribution in [3.63, 3.8) is 0 Å². The van der Waals surface area contributed by atoms with E-state index in [0.29, 0.717) is 13.1 Å². The second-order valence-electron chi connectivity index (χ2n) is 5.21. The molecule has 0 saturated heterocycles. The number of hydrogen-bond donors (Lipinski definition) is 2. The van der Waals surface area contributed by atoms with Crippen LogP contribution >= 0.6 is 0 Å². The molecule has 2 aromatic carbocycles. The summed E-state index contributed by atoms with van der Waals surface area (Å²) in [6, 6.07) is 16.7. The molecule has 0 aliphatic carbocycles. The Hall–Kier alpha value is -2.29. The Balaban J connectivity index is 2.09. The summed E-state index contributed by atoms with van der Waals surface area (Å²) in [4.78, 5) is 1.87. The van der Waals surface area contributed by atoms with Crippen LogP contribution < -0.4 is 5.73 Å². The van der Waals surface area contributed by atoms with E-state index < -0.39 is 0 Å². The van der Waals surface area contributed by atoms with Crippen LogP contribution in [0.1, 0.15) is 22.3 Å². The van der Waals surface area contributed by atoms with Crippen LogP contribution in [0.3, 0.4) is 0 Å². The maximum atomic E-state index is 7.74. The third-order valence-corrected chi connectivity index (χ3v) is 3.33. The molecule has 0 saturated carbocycles. The number of aryl methyl sites for hydroxylation is 2. The summed E-state index contributed by atoms with van der Waals surface area (Å²) in [7, 11) is 0. The van der Waals surface area contributed by atoms with Gasteiger partial charge in [0, 0.05) is 13.1 Å². The number of guanidine groups is 1. The molecular weight excluding hydrogens is 246 g/mol. The molecule has 104 valence electrons. The molecule has 0 aliphatic rings. The first-order valence-corrected chi connectivity index (χ1v) is 6.74. The largest absolute Gasteiger partial charge is 0.370 e. The van der Waals surface area contributed by atoms with E-state index in [-0.39, 0.29) is 5.96 Å². The number of nitrogens with one attached hydrogen (secondary N) is 1. The van der Waals surface area contributed by atoms with Crippen LogP contribution in [0.15, 0.2) is 48.5 Å². The third-order valence-electron chi connectivity index (χ3n) is 3.33. The first-order valence-electron chi connectivity index (χ1n) is 6.74. The van der Waals surface area contributed by atoms with Crippen molar-refractivity contribution in [2.75, 3.05) is 0 Å². The van der Waals surface area contributed by atoms with Gasteiger partial charge in [-0.25, -0.2) is 0 Å². The minimum absolute atomic E-state index is 0.103. The number of rotatable bonds is 4. The molecule has 0 aromatic heterocycles. The van der Waals surface area contributed by atoms with Gasteiger partial charge in [-0.1, -0.05) is 59.7 Å². The average Bonchev–Trinajstić information content (AvgIpc) is 2.42. The van der Waals surface area contributed by atoms with E-state index in [9.17, 15) is 0 Å². The zero-order valence-corrected chi connectivity index (χ0v) is 12.1. The van der Waals surface area contributed by atoms with Crippen LogP contribution in [0.4, 0.5) is 0 Å². The lowest BCUT2D eigenvalue weighted by molar-refractivity contribution is 0.399. The minimum atomic E-state index is 0.103. The topological polar surface area (TPSA) is 53.1 Å². The monoisotopic (exact) mass is 267 g/mol. The summed E-state index contributed by atoms with van der Waals surface area (Å²) < 4.78 is 0. The first kappa shape index (κ1) is 14.1. The van der Waals surface area contributed by atoms with Crippen LogP contribution in [-0.4, -0.2) is 10.9 Å². The maximum Gasteiger partial charge on any atom is 0.188 e. The summed E-state index contributed by atoms with van der Waals surface area (Å²) in [6.45, 7) is 5.45. The molecule has 20 heavy (non-hydrogen) atoms. The molecule has 0 aliphatic heterocycles. The molecule has 0 fully saturated rings. The lowest BCUT2D eigenvalue weighted by Gasteiger charge is -2.23. The predicted octanol–water partition coefficient (Wildman–Crippen LogP) is 3.20. The lowest BCUT2D eigenvalue weighted by atomic mass is 10.1. The summed E-state index contributed by atoms with van der Waals surface area (Å²) in [5.41, 5.74) is 10.5. The van der Waals surface area contributed by atoms with E-state index in [4.69, 9.17) is 11.1 Å². The summed E-state index contributed by atoms with van der Waals surface area (Å²) in [5, 5.41) is 7.74. The molecule has 0 heterocycles. The van der Waals surface area contributed by atoms with Crippen LogP contribution in [0.25, 0.3) is 0 Å². The zero-order valence-electron chi connectivity index (χ0n) is 12.1. The smallest absolute Gasteiger partial charge is 0.188 e. The Bertz CT molecular complexity index is 523. The van der Waals surface area contributed by atoms with Crippen molar-refractivity contribution in [2.45, 2.75) is 26.9 Å². The van der Waals surface area contributed by atoms with Gasteiger partial charge in [-0.3, -0.25) is 5.41 Å². The van der Waals surface area contributed by atoms with E-state index in [1.54, 1.807) is 0 Å². The van der Waals surface area contributed by atoms with Gasteiger partial charge in [0.1, 0.15) is 0 Å². The number of benzene rings is 2. The maximum absolute atomic E-state index is 7.74. The van der Waals surface area contributed by atoms with Gasteiger partial charge >= 0.3 is 0 Å². The fourth-order valence-electron chi connectivity index (χ4n) is 2.05. The van der Waals surface area contributed by atoms with Crippen molar-refractivity contribution in [1.29, 1.82) is 5.41 Å². The summed E-state index contributed by atoms with van der Waals surface area (Å²) in [5.74, 6) is 0.103. The van der Waals surface area contributed by atoms with Gasteiger partial charge < -0.3 is 10.6 Å². The molecule has 0 spiro atoms. The highest BCUT2D eigenvalue weighted by Gasteiger charge is 2.08. The van der Waals surface area contributed by atoms with Crippen LogP contribution in [-0.2, 0) is 13.1 Å². The SMILES string of the molecule is Cc1ccc(CN(Cc2ccc(C)cc2)C(=N)N)cc1. The fourth-order valence-corrected chi connectivity index (χ4v) is 2.05. The molecule has 0 atom stereocenters.